The van der Waals surface area contributed by atoms with Gasteiger partial charge in [0.05, 0.1) is 0 Å². The van der Waals surface area contributed by atoms with Crippen LogP contribution in [0.4, 0.5) is 13.2 Å². The van der Waals surface area contributed by atoms with E-state index in [9.17, 15) is 13.2 Å². The van der Waals surface area contributed by atoms with E-state index in [2.05, 4.69) is 4.74 Å². The van der Waals surface area contributed by atoms with Crippen LogP contribution in [0.5, 0.6) is 0 Å². The molecule has 0 heterocycles. The smallest absolute Gasteiger partial charge is 0.361 e. The molecule has 0 atom stereocenters. The Bertz CT molecular complexity index is 133. The van der Waals surface area contributed by atoms with Crippen molar-refractivity contribution in [1.29, 1.82) is 0 Å². The normalized spacial score (nSPS) is 13.4. The van der Waals surface area contributed by atoms with Gasteiger partial charge >= 0.3 is 6.18 Å². The van der Waals surface area contributed by atoms with Gasteiger partial charge < -0.3 is 4.74 Å². The second-order valence-electron chi connectivity index (χ2n) is 1.73. The Morgan fingerprint density at radius 1 is 1.15 bits per heavy atom. The second kappa shape index (κ2) is 6.02. The lowest BCUT2D eigenvalue weighted by Crippen LogP contribution is -2.16. The highest BCUT2D eigenvalue weighted by molar-refractivity contribution is 8.78. The quantitative estimate of drug-likeness (QED) is 0.332. The molecule has 1 nitrogen and oxygen atoms in total. The first-order valence-electron chi connectivity index (χ1n) is 2.72. The maximum absolute atomic E-state index is 11.5. The van der Waals surface area contributed by atoms with Gasteiger partial charge in [0.25, 0.3) is 0 Å². The Morgan fingerprint density at radius 3 is 2.08 bits per heavy atom. The molecular formula is C4H4Cl3F3OS2. The van der Waals surface area contributed by atoms with Crippen LogP contribution in [0.25, 0.3) is 0 Å². The predicted octanol–water partition coefficient (Wildman–Crippen LogP) is 4.23. The van der Waals surface area contributed by atoms with E-state index in [-0.39, 0.29) is 5.94 Å². The van der Waals surface area contributed by atoms with E-state index in [1.165, 1.54) is 0 Å². The third kappa shape index (κ3) is 13.3. The third-order valence-electron chi connectivity index (χ3n) is 0.551. The van der Waals surface area contributed by atoms with Gasteiger partial charge in [0.2, 0.25) is 3.12 Å². The summed E-state index contributed by atoms with van der Waals surface area (Å²) in [6, 6.07) is 0. The van der Waals surface area contributed by atoms with Crippen molar-refractivity contribution in [1.82, 2.24) is 0 Å². The molecule has 0 aliphatic rings. The predicted molar refractivity (Wildman–Crippen MR) is 52.3 cm³/mol. The van der Waals surface area contributed by atoms with E-state index in [1.807, 2.05) is 0 Å². The highest BCUT2D eigenvalue weighted by Gasteiger charge is 2.27. The van der Waals surface area contributed by atoms with Crippen molar-refractivity contribution in [2.24, 2.45) is 0 Å². The molecule has 0 aromatic heterocycles. The Kier molecular flexibility index (Phi) is 6.64. The van der Waals surface area contributed by atoms with Gasteiger partial charge in [-0.1, -0.05) is 45.6 Å². The summed E-state index contributed by atoms with van der Waals surface area (Å²) >= 11 is 15.9. The molecule has 0 unspecified atom stereocenters. The number of halogens is 6. The Morgan fingerprint density at radius 2 is 1.69 bits per heavy atom. The first kappa shape index (κ1) is 14.3. The molecule has 0 aliphatic carbocycles. The van der Waals surface area contributed by atoms with Crippen molar-refractivity contribution in [3.05, 3.63) is 0 Å². The summed E-state index contributed by atoms with van der Waals surface area (Å²) in [6.45, 7) is -1.29. The molecule has 0 fully saturated rings. The molecule has 0 saturated heterocycles. The summed E-state index contributed by atoms with van der Waals surface area (Å²) in [5.41, 5.74) is 0. The largest absolute Gasteiger partial charge is 0.411 e. The van der Waals surface area contributed by atoms with Gasteiger partial charge in [-0.05, 0) is 10.8 Å². The number of rotatable bonds is 4. The minimum Gasteiger partial charge on any atom is -0.361 e. The summed E-state index contributed by atoms with van der Waals surface area (Å²) in [6.07, 6.45) is -4.31. The van der Waals surface area contributed by atoms with Crippen molar-refractivity contribution < 1.29 is 17.9 Å². The number of alkyl halides is 6. The molecule has 80 valence electrons. The number of hydrogen-bond acceptors (Lipinski definition) is 3. The standard InChI is InChI=1S/C4H4Cl3F3OS2/c5-4(6,7)13-12-2-11-1-3(8,9)10/h1-2H2. The molecule has 0 radical (unpaired) electrons. The lowest BCUT2D eigenvalue weighted by atomic mass is 10.7. The summed E-state index contributed by atoms with van der Waals surface area (Å²) in [5.74, 6) is -0.182. The Hall–Kier alpha value is 1.32. The minimum absolute atomic E-state index is 0.182. The molecule has 9 heteroatoms. The van der Waals surface area contributed by atoms with Crippen LogP contribution in [-0.4, -0.2) is 21.8 Å². The van der Waals surface area contributed by atoms with E-state index >= 15 is 0 Å². The van der Waals surface area contributed by atoms with Crippen molar-refractivity contribution >= 4 is 56.4 Å². The van der Waals surface area contributed by atoms with E-state index in [4.69, 9.17) is 34.8 Å². The maximum atomic E-state index is 11.5. The molecule has 0 aromatic rings. The minimum atomic E-state index is -4.31. The fourth-order valence-electron chi connectivity index (χ4n) is 0.282. The third-order valence-corrected chi connectivity index (χ3v) is 4.03. The topological polar surface area (TPSA) is 9.23 Å². The lowest BCUT2D eigenvalue weighted by Gasteiger charge is -2.09. The average Bonchev–Trinajstić information content (AvgIpc) is 1.81. The molecule has 0 aliphatic heterocycles. The van der Waals surface area contributed by atoms with E-state index in [0.29, 0.717) is 0 Å². The number of hydrogen-bond donors (Lipinski definition) is 0. The van der Waals surface area contributed by atoms with Gasteiger partial charge in [-0.25, -0.2) is 0 Å². The second-order valence-corrected chi connectivity index (χ2v) is 7.14. The molecule has 0 bridgehead atoms. The molecule has 0 aromatic carbocycles. The fourth-order valence-corrected chi connectivity index (χ4v) is 2.57. The van der Waals surface area contributed by atoms with Crippen LogP contribution in [-0.2, 0) is 4.74 Å². The Labute approximate surface area is 96.0 Å². The van der Waals surface area contributed by atoms with Crippen LogP contribution >= 0.6 is 56.4 Å². The van der Waals surface area contributed by atoms with Gasteiger partial charge in [-0.15, -0.1) is 0 Å². The molecule has 0 rings (SSSR count). The van der Waals surface area contributed by atoms with Gasteiger partial charge in [0.1, 0.15) is 12.5 Å². The van der Waals surface area contributed by atoms with E-state index < -0.39 is 15.9 Å². The lowest BCUT2D eigenvalue weighted by molar-refractivity contribution is -0.168. The summed E-state index contributed by atoms with van der Waals surface area (Å²) < 4.78 is 37.2. The molecular weight excluding hydrogens is 292 g/mol. The zero-order valence-electron chi connectivity index (χ0n) is 5.91. The van der Waals surface area contributed by atoms with Crippen LogP contribution in [0.3, 0.4) is 0 Å². The summed E-state index contributed by atoms with van der Waals surface area (Å²) in [4.78, 5) is 0. The van der Waals surface area contributed by atoms with Crippen LogP contribution in [0.1, 0.15) is 0 Å². The van der Waals surface area contributed by atoms with Crippen LogP contribution in [0.2, 0.25) is 0 Å². The monoisotopic (exact) mass is 294 g/mol. The first-order chi connectivity index (χ1) is 5.71. The van der Waals surface area contributed by atoms with Gasteiger partial charge in [-0.3, -0.25) is 0 Å². The summed E-state index contributed by atoms with van der Waals surface area (Å²) in [7, 11) is 1.70. The fraction of sp³-hybridized carbons (Fsp3) is 1.00. The molecule has 0 amide bonds. The zero-order valence-corrected chi connectivity index (χ0v) is 9.81. The average molecular weight is 296 g/mol. The van der Waals surface area contributed by atoms with E-state index in [1.54, 1.807) is 0 Å². The first-order valence-corrected chi connectivity index (χ1v) is 6.18. The van der Waals surface area contributed by atoms with Crippen LogP contribution in [0.15, 0.2) is 0 Å². The number of ether oxygens (including phenoxy) is 1. The maximum Gasteiger partial charge on any atom is 0.411 e. The molecule has 0 spiro atoms. The highest BCUT2D eigenvalue weighted by atomic mass is 35.6. The van der Waals surface area contributed by atoms with Gasteiger partial charge in [0, 0.05) is 0 Å². The summed E-state index contributed by atoms with van der Waals surface area (Å²) in [5, 5.41) is 0. The van der Waals surface area contributed by atoms with E-state index in [0.717, 1.165) is 21.6 Å². The van der Waals surface area contributed by atoms with Gasteiger partial charge in [0.15, 0.2) is 0 Å². The SMILES string of the molecule is FC(F)(F)COCSSC(Cl)(Cl)Cl. The molecule has 13 heavy (non-hydrogen) atoms. The molecule has 0 saturated carbocycles. The molecule has 0 N–H and O–H groups in total. The van der Waals surface area contributed by atoms with Crippen molar-refractivity contribution in [2.45, 2.75) is 9.30 Å². The van der Waals surface area contributed by atoms with Crippen molar-refractivity contribution in [3.8, 4) is 0 Å². The highest BCUT2D eigenvalue weighted by Crippen LogP contribution is 2.45. The van der Waals surface area contributed by atoms with Crippen molar-refractivity contribution in [3.63, 3.8) is 0 Å². The van der Waals surface area contributed by atoms with Gasteiger partial charge in [-0.2, -0.15) is 13.2 Å². The van der Waals surface area contributed by atoms with Crippen LogP contribution < -0.4 is 0 Å². The van der Waals surface area contributed by atoms with Crippen LogP contribution in [0, 0.1) is 0 Å². The van der Waals surface area contributed by atoms with Crippen molar-refractivity contribution in [2.75, 3.05) is 12.5 Å². The zero-order chi connectivity index (χ0) is 10.5. The Balaban J connectivity index is 3.28.